The Morgan fingerprint density at radius 3 is 2.78 bits per heavy atom. The van der Waals surface area contributed by atoms with E-state index in [1.165, 1.54) is 17.4 Å². The van der Waals surface area contributed by atoms with Crippen LogP contribution in [0, 0.1) is 11.6 Å². The fourth-order valence-corrected chi connectivity index (χ4v) is 6.70. The largest absolute Gasteiger partial charge is 0.490 e. The molecule has 0 unspecified atom stereocenters. The maximum Gasteiger partial charge on any atom is 0.285 e. The van der Waals surface area contributed by atoms with Crippen molar-refractivity contribution in [2.75, 3.05) is 26.8 Å². The smallest absolute Gasteiger partial charge is 0.285 e. The highest BCUT2D eigenvalue weighted by atomic mass is 32.1. The summed E-state index contributed by atoms with van der Waals surface area (Å²) < 4.78 is 66.2. The summed E-state index contributed by atoms with van der Waals surface area (Å²) in [6, 6.07) is 9.43. The van der Waals surface area contributed by atoms with Crippen molar-refractivity contribution in [3.05, 3.63) is 89.0 Å². The zero-order chi connectivity index (χ0) is 32.7. The van der Waals surface area contributed by atoms with Gasteiger partial charge in [0.05, 0.1) is 36.1 Å². The van der Waals surface area contributed by atoms with E-state index < -0.39 is 29.5 Å². The van der Waals surface area contributed by atoms with E-state index in [2.05, 4.69) is 22.1 Å². The molecule has 0 saturated heterocycles. The molecule has 0 radical (unpaired) electrons. The summed E-state index contributed by atoms with van der Waals surface area (Å²) in [5.41, 5.74) is 2.62. The lowest BCUT2D eigenvalue weighted by Crippen LogP contribution is -2.38. The average molecular weight is 652 g/mol. The van der Waals surface area contributed by atoms with Crippen molar-refractivity contribution in [3.8, 4) is 39.5 Å². The number of nitrogens with zero attached hydrogens (tertiary/aromatic N) is 3. The molecule has 2 aromatic carbocycles. The minimum atomic E-state index is -3.02. The van der Waals surface area contributed by atoms with Crippen molar-refractivity contribution in [3.63, 3.8) is 0 Å². The summed E-state index contributed by atoms with van der Waals surface area (Å²) in [6.45, 7) is 4.53. The number of benzene rings is 2. The normalized spacial score (nSPS) is 15.0. The van der Waals surface area contributed by atoms with Crippen LogP contribution in [0.5, 0.6) is 5.75 Å². The third-order valence-electron chi connectivity index (χ3n) is 7.76. The van der Waals surface area contributed by atoms with Gasteiger partial charge in [0.15, 0.2) is 0 Å². The number of halogens is 4. The number of aromatic nitrogens is 3. The Morgan fingerprint density at radius 2 is 2.02 bits per heavy atom. The Hall–Kier alpha value is -4.59. The van der Waals surface area contributed by atoms with E-state index in [1.54, 1.807) is 48.5 Å². The monoisotopic (exact) mass is 651 g/mol. The highest BCUT2D eigenvalue weighted by molar-refractivity contribution is 7.18. The molecule has 5 aromatic rings. The fourth-order valence-electron chi connectivity index (χ4n) is 5.75. The van der Waals surface area contributed by atoms with Crippen LogP contribution >= 0.6 is 11.3 Å². The number of H-pyrrole nitrogens is 1. The number of aromatic amines is 1. The molecule has 4 heterocycles. The van der Waals surface area contributed by atoms with Crippen LogP contribution in [0.1, 0.15) is 29.8 Å². The van der Waals surface area contributed by atoms with Crippen LogP contribution in [0.15, 0.2) is 60.5 Å². The van der Waals surface area contributed by atoms with Crippen LogP contribution in [0.25, 0.3) is 43.9 Å². The van der Waals surface area contributed by atoms with Crippen LogP contribution < -0.4 is 10.1 Å². The Bertz CT molecular complexity index is 1970. The van der Waals surface area contributed by atoms with Gasteiger partial charge in [-0.3, -0.25) is 14.8 Å². The van der Waals surface area contributed by atoms with E-state index in [1.807, 2.05) is 0 Å². The SMILES string of the molecule is C=CC(=O)N[C@H](C)c1cc(-c2nc(-c3ccc4c(c3)CN(C)CC4(F)F)c3ccsc3c2-c2c(F)cc(F)cc2OCCO)n[nH]1. The third-order valence-corrected chi connectivity index (χ3v) is 8.69. The Morgan fingerprint density at radius 1 is 1.22 bits per heavy atom. The van der Waals surface area contributed by atoms with Gasteiger partial charge >= 0.3 is 0 Å². The first-order valence-electron chi connectivity index (χ1n) is 14.3. The standard InChI is InChI=1S/C33H29F4N5O3S/c1-4-27(44)38-17(2)24-14-25(41-40-24)31-29(28-23(35)12-20(34)13-26(28)45-9-8-43)32-21(7-10-46-32)30(39-31)18-5-6-22-19(11-18)15-42(3)16-33(22,36)37/h4-7,10-14,17,43H,1,8-9,15-16H2,2-3H3,(H,38,44)(H,40,41)/t17-/m1/s1. The first-order chi connectivity index (χ1) is 22.0. The molecule has 0 spiro atoms. The van der Waals surface area contributed by atoms with Crippen LogP contribution in [0.4, 0.5) is 17.6 Å². The summed E-state index contributed by atoms with van der Waals surface area (Å²) in [4.78, 5) is 18.5. The predicted molar refractivity (Wildman–Crippen MR) is 168 cm³/mol. The molecular weight excluding hydrogens is 622 g/mol. The molecule has 13 heteroatoms. The summed E-state index contributed by atoms with van der Waals surface area (Å²) in [5.74, 6) is -5.34. The molecule has 1 aliphatic heterocycles. The number of pyridine rings is 1. The van der Waals surface area contributed by atoms with Crippen molar-refractivity contribution < 1.29 is 32.2 Å². The van der Waals surface area contributed by atoms with Gasteiger partial charge in [0, 0.05) is 45.5 Å². The first-order valence-corrected chi connectivity index (χ1v) is 15.2. The lowest BCUT2D eigenvalue weighted by atomic mass is 9.92. The molecule has 8 nitrogen and oxygen atoms in total. The summed E-state index contributed by atoms with van der Waals surface area (Å²) in [6.07, 6.45) is 1.14. The van der Waals surface area contributed by atoms with Crippen molar-refractivity contribution in [1.82, 2.24) is 25.4 Å². The van der Waals surface area contributed by atoms with Crippen molar-refractivity contribution in [2.24, 2.45) is 0 Å². The third kappa shape index (κ3) is 5.77. The quantitative estimate of drug-likeness (QED) is 0.123. The van der Waals surface area contributed by atoms with Gasteiger partial charge in [-0.15, -0.1) is 11.3 Å². The van der Waals surface area contributed by atoms with Gasteiger partial charge in [0.25, 0.3) is 5.92 Å². The number of hydrogen-bond acceptors (Lipinski definition) is 7. The molecule has 6 rings (SSSR count). The molecule has 3 N–H and O–H groups in total. The molecule has 0 bridgehead atoms. The number of thiophene rings is 1. The highest BCUT2D eigenvalue weighted by Gasteiger charge is 2.39. The number of likely N-dealkylation sites (N-methyl/N-ethyl adjacent to an activating group) is 1. The van der Waals surface area contributed by atoms with Gasteiger partial charge < -0.3 is 15.2 Å². The van der Waals surface area contributed by atoms with Gasteiger partial charge in [-0.1, -0.05) is 18.7 Å². The van der Waals surface area contributed by atoms with Gasteiger partial charge in [0.2, 0.25) is 5.91 Å². The Balaban J connectivity index is 1.61. The summed E-state index contributed by atoms with van der Waals surface area (Å²) >= 11 is 1.29. The lowest BCUT2D eigenvalue weighted by molar-refractivity contribution is -0.117. The van der Waals surface area contributed by atoms with Gasteiger partial charge in [0.1, 0.15) is 35.4 Å². The molecule has 3 aromatic heterocycles. The Labute approximate surface area is 265 Å². The van der Waals surface area contributed by atoms with Crippen molar-refractivity contribution in [1.29, 1.82) is 0 Å². The number of rotatable bonds is 9. The molecule has 46 heavy (non-hydrogen) atoms. The second-order valence-electron chi connectivity index (χ2n) is 11.1. The molecule has 1 aliphatic rings. The number of fused-ring (bicyclic) bond motifs is 2. The number of amides is 1. The minimum Gasteiger partial charge on any atom is -0.490 e. The Kier molecular flexibility index (Phi) is 8.40. The van der Waals surface area contributed by atoms with Crippen molar-refractivity contribution in [2.45, 2.75) is 25.4 Å². The van der Waals surface area contributed by atoms with Crippen molar-refractivity contribution >= 4 is 27.3 Å². The zero-order valence-corrected chi connectivity index (χ0v) is 25.7. The molecule has 238 valence electrons. The van der Waals surface area contributed by atoms with Crippen LogP contribution in [-0.4, -0.2) is 57.9 Å². The molecule has 1 amide bonds. The summed E-state index contributed by atoms with van der Waals surface area (Å²) in [7, 11) is 1.63. The molecule has 0 saturated carbocycles. The zero-order valence-electron chi connectivity index (χ0n) is 24.8. The van der Waals surface area contributed by atoms with E-state index in [-0.39, 0.29) is 53.6 Å². The minimum absolute atomic E-state index is 0.0423. The number of hydrogen-bond donors (Lipinski definition) is 3. The fraction of sp³-hybridized carbons (Fsp3) is 0.242. The molecular formula is C33H29F4N5O3S. The van der Waals surface area contributed by atoms with E-state index in [0.717, 1.165) is 18.2 Å². The van der Waals surface area contributed by atoms with Crippen LogP contribution in [0.2, 0.25) is 0 Å². The number of alkyl halides is 2. The van der Waals surface area contributed by atoms with Gasteiger partial charge in [-0.05, 0) is 49.2 Å². The van der Waals surface area contributed by atoms with Crippen LogP contribution in [-0.2, 0) is 17.3 Å². The number of aliphatic hydroxyl groups is 1. The van der Waals surface area contributed by atoms with Gasteiger partial charge in [-0.25, -0.2) is 13.8 Å². The number of carbonyl (C=O) groups excluding carboxylic acids is 1. The van der Waals surface area contributed by atoms with E-state index in [4.69, 9.17) is 9.72 Å². The second-order valence-corrected chi connectivity index (χ2v) is 12.0. The lowest BCUT2D eigenvalue weighted by Gasteiger charge is -2.32. The predicted octanol–water partition coefficient (Wildman–Crippen LogP) is 6.57. The van der Waals surface area contributed by atoms with E-state index in [9.17, 15) is 23.1 Å². The van der Waals surface area contributed by atoms with Gasteiger partial charge in [-0.2, -0.15) is 13.9 Å². The second kappa shape index (κ2) is 12.3. The number of nitrogens with one attached hydrogen (secondary N) is 2. The van der Waals surface area contributed by atoms with E-state index in [0.29, 0.717) is 39.1 Å². The maximum absolute atomic E-state index is 15.8. The topological polar surface area (TPSA) is 103 Å². The van der Waals surface area contributed by atoms with Crippen LogP contribution in [0.3, 0.4) is 0 Å². The maximum atomic E-state index is 15.8. The number of ether oxygens (including phenoxy) is 1. The first kappa shape index (κ1) is 31.4. The molecule has 1 atom stereocenters. The highest BCUT2D eigenvalue weighted by Crippen LogP contribution is 2.47. The number of carbonyl (C=O) groups is 1. The average Bonchev–Trinajstić information content (AvgIpc) is 3.69. The molecule has 0 fully saturated rings. The summed E-state index contributed by atoms with van der Waals surface area (Å²) in [5, 5.41) is 21.9. The molecule has 0 aliphatic carbocycles. The van der Waals surface area contributed by atoms with E-state index >= 15 is 4.39 Å². The number of aliphatic hydroxyl groups excluding tert-OH is 1.